The van der Waals surface area contributed by atoms with Crippen molar-refractivity contribution in [1.29, 1.82) is 5.26 Å². The van der Waals surface area contributed by atoms with Gasteiger partial charge in [0.25, 0.3) is 5.91 Å². The zero-order valence-electron chi connectivity index (χ0n) is 18.3. The number of rotatable bonds is 6. The second-order valence-electron chi connectivity index (χ2n) is 7.72. The fourth-order valence-electron chi connectivity index (χ4n) is 3.74. The van der Waals surface area contributed by atoms with Crippen molar-refractivity contribution in [2.24, 2.45) is 0 Å². The van der Waals surface area contributed by atoms with Crippen molar-refractivity contribution in [2.75, 3.05) is 19.0 Å². The number of methoxy groups -OCH3 is 1. The van der Waals surface area contributed by atoms with Gasteiger partial charge in [0.15, 0.2) is 0 Å². The summed E-state index contributed by atoms with van der Waals surface area (Å²) in [6, 6.07) is 8.85. The Morgan fingerprint density at radius 2 is 2.10 bits per heavy atom. The first-order valence-corrected chi connectivity index (χ1v) is 10.2. The molecule has 0 bridgehead atoms. The van der Waals surface area contributed by atoms with Gasteiger partial charge in [0.2, 0.25) is 0 Å². The number of nitriles is 1. The molecular weight excluding hydrogens is 394 g/mol. The van der Waals surface area contributed by atoms with E-state index < -0.39 is 11.9 Å². The summed E-state index contributed by atoms with van der Waals surface area (Å²) in [4.78, 5) is 24.6. The summed E-state index contributed by atoms with van der Waals surface area (Å²) in [6.07, 6.45) is 3.92. The average Bonchev–Trinajstić information content (AvgIpc) is 3.36. The Balaban J connectivity index is 1.83. The summed E-state index contributed by atoms with van der Waals surface area (Å²) in [5, 5.41) is 12.3. The number of esters is 1. The molecule has 162 valence electrons. The second-order valence-corrected chi connectivity index (χ2v) is 7.72. The lowest BCUT2D eigenvalue weighted by Gasteiger charge is -2.14. The maximum atomic E-state index is 12.8. The molecule has 1 aliphatic heterocycles. The maximum absolute atomic E-state index is 12.8. The molecule has 1 saturated heterocycles. The molecule has 0 unspecified atom stereocenters. The summed E-state index contributed by atoms with van der Waals surface area (Å²) in [6.45, 7) is 7.36. The molecule has 0 saturated carbocycles. The molecule has 0 spiro atoms. The van der Waals surface area contributed by atoms with E-state index in [0.717, 1.165) is 48.5 Å². The van der Waals surface area contributed by atoms with Crippen molar-refractivity contribution in [3.8, 4) is 6.07 Å². The number of hydrogen-bond donors (Lipinski definition) is 1. The van der Waals surface area contributed by atoms with E-state index in [1.807, 2.05) is 32.9 Å². The Kier molecular flexibility index (Phi) is 6.93. The number of carbonyl (C=O) groups is 2. The predicted octanol–water partition coefficient (Wildman–Crippen LogP) is 3.92. The fourth-order valence-corrected chi connectivity index (χ4v) is 3.74. The number of carbonyl (C=O) groups excluding carboxylic acids is 2. The molecule has 1 fully saturated rings. The van der Waals surface area contributed by atoms with E-state index in [1.54, 1.807) is 24.3 Å². The standard InChI is InChI=1S/C24H27N3O4/c1-15-7-8-18(24(29)30-4)12-22(15)26-23(28)20(13-25)11-19-10-16(2)27(17(19)3)14-21-6-5-9-31-21/h7-8,10-12,21H,5-6,9,14H2,1-4H3,(H,26,28)/b20-11+/t21-/m0/s1. The number of nitrogens with one attached hydrogen (secondary N) is 1. The molecule has 2 heterocycles. The Hall–Kier alpha value is -3.37. The molecule has 1 amide bonds. The molecule has 1 atom stereocenters. The molecule has 7 nitrogen and oxygen atoms in total. The third-order valence-electron chi connectivity index (χ3n) is 5.59. The van der Waals surface area contributed by atoms with Gasteiger partial charge in [-0.3, -0.25) is 4.79 Å². The lowest BCUT2D eigenvalue weighted by Crippen LogP contribution is -2.17. The molecule has 0 aliphatic carbocycles. The second kappa shape index (κ2) is 9.63. The van der Waals surface area contributed by atoms with Gasteiger partial charge in [-0.15, -0.1) is 0 Å². The highest BCUT2D eigenvalue weighted by Crippen LogP contribution is 2.23. The van der Waals surface area contributed by atoms with Crippen LogP contribution in [0.5, 0.6) is 0 Å². The van der Waals surface area contributed by atoms with Gasteiger partial charge in [0.1, 0.15) is 11.6 Å². The summed E-state index contributed by atoms with van der Waals surface area (Å²) in [5.41, 5.74) is 4.40. The van der Waals surface area contributed by atoms with Crippen LogP contribution < -0.4 is 5.32 Å². The van der Waals surface area contributed by atoms with Crippen LogP contribution >= 0.6 is 0 Å². The topological polar surface area (TPSA) is 93.4 Å². The van der Waals surface area contributed by atoms with E-state index in [2.05, 4.69) is 9.88 Å². The molecule has 1 N–H and O–H groups in total. The van der Waals surface area contributed by atoms with Crippen molar-refractivity contribution < 1.29 is 19.1 Å². The summed E-state index contributed by atoms with van der Waals surface area (Å²) < 4.78 is 12.6. The Bertz CT molecular complexity index is 1070. The minimum absolute atomic E-state index is 0.0137. The van der Waals surface area contributed by atoms with E-state index in [1.165, 1.54) is 7.11 Å². The highest BCUT2D eigenvalue weighted by Gasteiger charge is 2.19. The number of aryl methyl sites for hydroxylation is 2. The van der Waals surface area contributed by atoms with Gasteiger partial charge in [-0.2, -0.15) is 5.26 Å². The van der Waals surface area contributed by atoms with Crippen LogP contribution in [0.3, 0.4) is 0 Å². The van der Waals surface area contributed by atoms with Crippen molar-refractivity contribution in [3.05, 3.63) is 57.9 Å². The first-order valence-electron chi connectivity index (χ1n) is 10.2. The molecule has 1 aromatic heterocycles. The minimum atomic E-state index is -0.531. The average molecular weight is 421 g/mol. The molecule has 3 rings (SSSR count). The molecule has 7 heteroatoms. The van der Waals surface area contributed by atoms with Gasteiger partial charge in [-0.1, -0.05) is 6.07 Å². The van der Waals surface area contributed by atoms with E-state index in [-0.39, 0.29) is 11.7 Å². The largest absolute Gasteiger partial charge is 0.465 e. The van der Waals surface area contributed by atoms with Crippen LogP contribution in [-0.2, 0) is 20.8 Å². The third-order valence-corrected chi connectivity index (χ3v) is 5.59. The van der Waals surface area contributed by atoms with Crippen molar-refractivity contribution in [2.45, 2.75) is 46.3 Å². The molecule has 31 heavy (non-hydrogen) atoms. The van der Waals surface area contributed by atoms with Crippen LogP contribution in [-0.4, -0.2) is 36.3 Å². The number of anilines is 1. The normalized spacial score (nSPS) is 16.1. The fraction of sp³-hybridized carbons (Fsp3) is 0.375. The minimum Gasteiger partial charge on any atom is -0.465 e. The molecular formula is C24H27N3O4. The smallest absolute Gasteiger partial charge is 0.337 e. The lowest BCUT2D eigenvalue weighted by molar-refractivity contribution is -0.112. The first kappa shape index (κ1) is 22.3. The van der Waals surface area contributed by atoms with Gasteiger partial charge < -0.3 is 19.4 Å². The van der Waals surface area contributed by atoms with Crippen LogP contribution in [0, 0.1) is 32.1 Å². The van der Waals surface area contributed by atoms with E-state index in [4.69, 9.17) is 9.47 Å². The van der Waals surface area contributed by atoms with Crippen LogP contribution in [0.1, 0.15) is 45.7 Å². The SMILES string of the molecule is COC(=O)c1ccc(C)c(NC(=O)/C(C#N)=C/c2cc(C)n(C[C@@H]3CCCO3)c2C)c1. The highest BCUT2D eigenvalue weighted by atomic mass is 16.5. The zero-order valence-corrected chi connectivity index (χ0v) is 18.3. The Labute approximate surface area is 182 Å². The summed E-state index contributed by atoms with van der Waals surface area (Å²) in [5.74, 6) is -1.03. The van der Waals surface area contributed by atoms with E-state index in [0.29, 0.717) is 11.3 Å². The third kappa shape index (κ3) is 5.04. The van der Waals surface area contributed by atoms with E-state index >= 15 is 0 Å². The van der Waals surface area contributed by atoms with Gasteiger partial charge >= 0.3 is 5.97 Å². The Morgan fingerprint density at radius 3 is 2.74 bits per heavy atom. The summed E-state index contributed by atoms with van der Waals surface area (Å²) >= 11 is 0. The number of nitrogens with zero attached hydrogens (tertiary/aromatic N) is 2. The van der Waals surface area contributed by atoms with Crippen LogP contribution in [0.15, 0.2) is 29.8 Å². The highest BCUT2D eigenvalue weighted by molar-refractivity contribution is 6.10. The number of hydrogen-bond acceptors (Lipinski definition) is 5. The lowest BCUT2D eigenvalue weighted by atomic mass is 10.1. The number of amides is 1. The van der Waals surface area contributed by atoms with Gasteiger partial charge in [-0.25, -0.2) is 4.79 Å². The molecule has 1 aromatic carbocycles. The summed E-state index contributed by atoms with van der Waals surface area (Å²) in [7, 11) is 1.30. The number of aromatic nitrogens is 1. The monoisotopic (exact) mass is 421 g/mol. The molecule has 1 aliphatic rings. The Morgan fingerprint density at radius 1 is 1.32 bits per heavy atom. The molecule has 0 radical (unpaired) electrons. The molecule has 2 aromatic rings. The first-order chi connectivity index (χ1) is 14.8. The quantitative estimate of drug-likeness (QED) is 0.433. The van der Waals surface area contributed by atoms with Gasteiger partial charge in [-0.05, 0) is 69.0 Å². The number of benzene rings is 1. The van der Waals surface area contributed by atoms with Gasteiger partial charge in [0, 0.05) is 30.2 Å². The van der Waals surface area contributed by atoms with Crippen LogP contribution in [0.4, 0.5) is 5.69 Å². The predicted molar refractivity (Wildman–Crippen MR) is 118 cm³/mol. The zero-order chi connectivity index (χ0) is 22.5. The van der Waals surface area contributed by atoms with Crippen LogP contribution in [0.2, 0.25) is 0 Å². The number of ether oxygens (including phenoxy) is 2. The maximum Gasteiger partial charge on any atom is 0.337 e. The van der Waals surface area contributed by atoms with E-state index in [9.17, 15) is 14.9 Å². The van der Waals surface area contributed by atoms with Crippen molar-refractivity contribution in [3.63, 3.8) is 0 Å². The van der Waals surface area contributed by atoms with Gasteiger partial charge in [0.05, 0.1) is 18.8 Å². The van der Waals surface area contributed by atoms with Crippen molar-refractivity contribution >= 4 is 23.6 Å². The van der Waals surface area contributed by atoms with Crippen molar-refractivity contribution in [1.82, 2.24) is 4.57 Å². The van der Waals surface area contributed by atoms with Crippen LogP contribution in [0.25, 0.3) is 6.08 Å².